The first-order valence-corrected chi connectivity index (χ1v) is 10.6. The number of nitrogens with zero attached hydrogens (tertiary/aromatic N) is 2. The van der Waals surface area contributed by atoms with Crippen LogP contribution in [0.3, 0.4) is 0 Å². The summed E-state index contributed by atoms with van der Waals surface area (Å²) in [5, 5.41) is 7.54. The zero-order valence-corrected chi connectivity index (χ0v) is 16.4. The molecule has 26 heavy (non-hydrogen) atoms. The van der Waals surface area contributed by atoms with Crippen molar-refractivity contribution in [3.63, 3.8) is 0 Å². The van der Waals surface area contributed by atoms with Crippen molar-refractivity contribution in [2.24, 2.45) is 0 Å². The fraction of sp³-hybridized carbons (Fsp3) is 0.474. The van der Waals surface area contributed by atoms with Crippen LogP contribution in [0.25, 0.3) is 0 Å². The molecule has 0 aliphatic carbocycles. The highest BCUT2D eigenvalue weighted by molar-refractivity contribution is 7.91. The lowest BCUT2D eigenvalue weighted by atomic mass is 9.92. The van der Waals surface area contributed by atoms with Crippen LogP contribution in [-0.4, -0.2) is 35.6 Å². The fourth-order valence-corrected chi connectivity index (χ4v) is 4.69. The number of aryl methyl sites for hydroxylation is 1. The maximum atomic E-state index is 12.6. The second-order valence-electron chi connectivity index (χ2n) is 7.99. The number of sulfone groups is 1. The number of carbonyl (C=O) groups excluding carboxylic acids is 1. The van der Waals surface area contributed by atoms with Crippen LogP contribution in [0.5, 0.6) is 0 Å². The number of anilines is 1. The van der Waals surface area contributed by atoms with Gasteiger partial charge in [-0.2, -0.15) is 5.10 Å². The second-order valence-corrected chi connectivity index (χ2v) is 10.2. The monoisotopic (exact) mass is 375 g/mol. The van der Waals surface area contributed by atoms with Gasteiger partial charge >= 0.3 is 0 Å². The summed E-state index contributed by atoms with van der Waals surface area (Å²) in [4.78, 5) is 12.6. The average Bonchev–Trinajstić information content (AvgIpc) is 3.10. The highest BCUT2D eigenvalue weighted by Crippen LogP contribution is 2.31. The highest BCUT2D eigenvalue weighted by atomic mass is 32.2. The fourth-order valence-electron chi connectivity index (χ4n) is 2.99. The summed E-state index contributed by atoms with van der Waals surface area (Å²) >= 11 is 0. The minimum absolute atomic E-state index is 0.0612. The first kappa shape index (κ1) is 18.6. The predicted octanol–water partition coefficient (Wildman–Crippen LogP) is 3.10. The Labute approximate surface area is 154 Å². The van der Waals surface area contributed by atoms with Gasteiger partial charge in [-0.3, -0.25) is 4.79 Å². The standard InChI is InChI=1S/C19H25N3O3S/c1-13-5-7-14(8-6-13)18(23)20-17-11-16(19(2,3)4)21-22(17)15-9-10-26(24,25)12-15/h5-8,11,15H,9-10,12H2,1-4H3,(H,20,23)/t15-/m1/s1. The molecular formula is C19H25N3O3S. The van der Waals surface area contributed by atoms with Gasteiger partial charge in [-0.1, -0.05) is 38.5 Å². The highest BCUT2D eigenvalue weighted by Gasteiger charge is 2.32. The Bertz CT molecular complexity index is 922. The summed E-state index contributed by atoms with van der Waals surface area (Å²) in [5.74, 6) is 0.536. The van der Waals surface area contributed by atoms with Crippen LogP contribution in [-0.2, 0) is 15.3 Å². The Balaban J connectivity index is 1.93. The van der Waals surface area contributed by atoms with E-state index in [2.05, 4.69) is 10.4 Å². The molecule has 1 aliphatic rings. The summed E-state index contributed by atoms with van der Waals surface area (Å²) < 4.78 is 25.4. The number of aromatic nitrogens is 2. The van der Waals surface area contributed by atoms with E-state index in [1.54, 1.807) is 16.8 Å². The van der Waals surface area contributed by atoms with E-state index in [0.29, 0.717) is 17.8 Å². The molecule has 0 spiro atoms. The zero-order chi connectivity index (χ0) is 19.1. The Morgan fingerprint density at radius 3 is 2.42 bits per heavy atom. The van der Waals surface area contributed by atoms with Crippen molar-refractivity contribution in [2.45, 2.75) is 45.6 Å². The Morgan fingerprint density at radius 2 is 1.88 bits per heavy atom. The lowest BCUT2D eigenvalue weighted by molar-refractivity contribution is 0.102. The van der Waals surface area contributed by atoms with Gasteiger partial charge in [0, 0.05) is 17.0 Å². The minimum Gasteiger partial charge on any atom is -0.307 e. The number of rotatable bonds is 3. The van der Waals surface area contributed by atoms with E-state index >= 15 is 0 Å². The number of carbonyl (C=O) groups is 1. The molecule has 0 saturated carbocycles. The number of amides is 1. The van der Waals surface area contributed by atoms with Gasteiger partial charge in [-0.05, 0) is 25.5 Å². The minimum atomic E-state index is -3.05. The molecule has 2 heterocycles. The van der Waals surface area contributed by atoms with Crippen LogP contribution in [0.2, 0.25) is 0 Å². The van der Waals surface area contributed by atoms with Gasteiger partial charge in [-0.25, -0.2) is 13.1 Å². The SMILES string of the molecule is Cc1ccc(C(=O)Nc2cc(C(C)(C)C)nn2[C@@H]2CCS(=O)(=O)C2)cc1. The average molecular weight is 375 g/mol. The summed E-state index contributed by atoms with van der Waals surface area (Å²) in [5.41, 5.74) is 2.25. The van der Waals surface area contributed by atoms with Crippen LogP contribution in [0, 0.1) is 6.92 Å². The Kier molecular flexibility index (Phi) is 4.69. The Morgan fingerprint density at radius 1 is 1.23 bits per heavy atom. The third kappa shape index (κ3) is 3.98. The summed E-state index contributed by atoms with van der Waals surface area (Å²) in [7, 11) is -3.05. The van der Waals surface area contributed by atoms with Crippen molar-refractivity contribution in [1.29, 1.82) is 0 Å². The van der Waals surface area contributed by atoms with Crippen molar-refractivity contribution in [1.82, 2.24) is 9.78 Å². The molecule has 6 nitrogen and oxygen atoms in total. The number of benzene rings is 1. The largest absolute Gasteiger partial charge is 0.307 e. The first-order valence-electron chi connectivity index (χ1n) is 8.74. The van der Waals surface area contributed by atoms with E-state index in [0.717, 1.165) is 11.3 Å². The lowest BCUT2D eigenvalue weighted by Gasteiger charge is -2.15. The van der Waals surface area contributed by atoms with Gasteiger partial charge in [-0.15, -0.1) is 0 Å². The van der Waals surface area contributed by atoms with Crippen LogP contribution in [0.15, 0.2) is 30.3 Å². The van der Waals surface area contributed by atoms with E-state index < -0.39 is 9.84 Å². The maximum Gasteiger partial charge on any atom is 0.256 e. The van der Waals surface area contributed by atoms with Gasteiger partial charge in [0.2, 0.25) is 0 Å². The molecule has 1 N–H and O–H groups in total. The van der Waals surface area contributed by atoms with Crippen LogP contribution in [0.4, 0.5) is 5.82 Å². The van der Waals surface area contributed by atoms with Gasteiger partial charge in [0.1, 0.15) is 5.82 Å². The van der Waals surface area contributed by atoms with Crippen LogP contribution >= 0.6 is 0 Å². The number of hydrogen-bond acceptors (Lipinski definition) is 4. The lowest BCUT2D eigenvalue weighted by Crippen LogP contribution is -2.20. The van der Waals surface area contributed by atoms with Gasteiger partial charge < -0.3 is 5.32 Å². The van der Waals surface area contributed by atoms with Crippen molar-refractivity contribution in [3.8, 4) is 0 Å². The van der Waals surface area contributed by atoms with Crippen molar-refractivity contribution < 1.29 is 13.2 Å². The van der Waals surface area contributed by atoms with Crippen molar-refractivity contribution in [3.05, 3.63) is 47.2 Å². The van der Waals surface area contributed by atoms with E-state index in [-0.39, 0.29) is 28.9 Å². The molecule has 0 radical (unpaired) electrons. The van der Waals surface area contributed by atoms with Crippen molar-refractivity contribution in [2.75, 3.05) is 16.8 Å². The topological polar surface area (TPSA) is 81.1 Å². The van der Waals surface area contributed by atoms with E-state index in [4.69, 9.17) is 0 Å². The molecule has 1 aromatic carbocycles. The molecule has 1 aromatic heterocycles. The molecule has 140 valence electrons. The van der Waals surface area contributed by atoms with Crippen LogP contribution in [0.1, 0.15) is 54.8 Å². The smallest absolute Gasteiger partial charge is 0.256 e. The quantitative estimate of drug-likeness (QED) is 0.894. The van der Waals surface area contributed by atoms with E-state index in [1.807, 2.05) is 45.9 Å². The van der Waals surface area contributed by atoms with Crippen molar-refractivity contribution >= 4 is 21.6 Å². The Hall–Kier alpha value is -2.15. The number of hydrogen-bond donors (Lipinski definition) is 1. The molecular weight excluding hydrogens is 350 g/mol. The third-order valence-corrected chi connectivity index (χ3v) is 6.36. The first-order chi connectivity index (χ1) is 12.0. The molecule has 1 saturated heterocycles. The number of nitrogens with one attached hydrogen (secondary N) is 1. The molecule has 1 amide bonds. The molecule has 0 bridgehead atoms. The van der Waals surface area contributed by atoms with Gasteiger partial charge in [0.15, 0.2) is 9.84 Å². The van der Waals surface area contributed by atoms with Gasteiger partial charge in [0.05, 0.1) is 23.2 Å². The molecule has 1 fully saturated rings. The van der Waals surface area contributed by atoms with E-state index in [9.17, 15) is 13.2 Å². The third-order valence-electron chi connectivity index (χ3n) is 4.61. The molecule has 0 unspecified atom stereocenters. The predicted molar refractivity (Wildman–Crippen MR) is 102 cm³/mol. The maximum absolute atomic E-state index is 12.6. The molecule has 2 aromatic rings. The van der Waals surface area contributed by atoms with Gasteiger partial charge in [0.25, 0.3) is 5.91 Å². The summed E-state index contributed by atoms with van der Waals surface area (Å²) in [6.07, 6.45) is 0.515. The second kappa shape index (κ2) is 6.54. The molecule has 1 aliphatic heterocycles. The van der Waals surface area contributed by atoms with Crippen LogP contribution < -0.4 is 5.32 Å². The normalized spacial score (nSPS) is 19.5. The zero-order valence-electron chi connectivity index (χ0n) is 15.6. The molecule has 1 atom stereocenters. The molecule has 3 rings (SSSR count). The van der Waals surface area contributed by atoms with E-state index in [1.165, 1.54) is 0 Å². The summed E-state index contributed by atoms with van der Waals surface area (Å²) in [6, 6.07) is 8.92. The summed E-state index contributed by atoms with van der Waals surface area (Å²) in [6.45, 7) is 8.08. The molecule has 7 heteroatoms.